The Bertz CT molecular complexity index is 658. The maximum atomic E-state index is 12.9. The Morgan fingerprint density at radius 3 is 2.13 bits per heavy atom. The Morgan fingerprint density at radius 1 is 1.13 bits per heavy atom. The highest BCUT2D eigenvalue weighted by Crippen LogP contribution is 2.36. The molecule has 0 aliphatic carbocycles. The fraction of sp³-hybridized carbons (Fsp3) is 0.760. The van der Waals surface area contributed by atoms with E-state index in [9.17, 15) is 14.8 Å². The quantitative estimate of drug-likeness (QED) is 0.488. The Balaban J connectivity index is 2.75. The van der Waals surface area contributed by atoms with E-state index < -0.39 is 0 Å². The van der Waals surface area contributed by atoms with E-state index in [1.807, 2.05) is 41.5 Å². The molecule has 0 saturated carbocycles. The standard InChI is InChI=1S/C25H44N2O3/c1-10-21(12-11-19(4)28)14-17(2)13-18(3)20(5)23(29)26-22-15-24(6,7)27(30)25(8,9)16-22/h12-13,17,20,22,30H,10-11,14-16H2,1-9H3,(H,26,29)/b18-13?,21-12+. The van der Waals surface area contributed by atoms with E-state index in [2.05, 4.69) is 31.3 Å². The Hall–Kier alpha value is -1.46. The summed E-state index contributed by atoms with van der Waals surface area (Å²) in [6, 6.07) is 0.0415. The molecule has 0 aromatic carbocycles. The SMILES string of the molecule is CC/C(=C\CC(C)=O)CC(C)C=C(C)C(C)C(=O)NC1CC(C)(C)N(O)C(C)(C)C1. The van der Waals surface area contributed by atoms with E-state index in [4.69, 9.17) is 0 Å². The summed E-state index contributed by atoms with van der Waals surface area (Å²) in [5.41, 5.74) is 1.59. The fourth-order valence-corrected chi connectivity index (χ4v) is 4.63. The lowest BCUT2D eigenvalue weighted by Crippen LogP contribution is -2.63. The number of piperidine rings is 1. The number of allylic oxidation sites excluding steroid dienone is 3. The second-order valence-corrected chi connectivity index (χ2v) is 10.5. The van der Waals surface area contributed by atoms with Crippen LogP contribution in [-0.2, 0) is 9.59 Å². The summed E-state index contributed by atoms with van der Waals surface area (Å²) >= 11 is 0. The molecule has 1 heterocycles. The zero-order valence-corrected chi connectivity index (χ0v) is 20.6. The maximum absolute atomic E-state index is 12.9. The van der Waals surface area contributed by atoms with Gasteiger partial charge in [-0.05, 0) is 80.1 Å². The van der Waals surface area contributed by atoms with Gasteiger partial charge >= 0.3 is 0 Å². The summed E-state index contributed by atoms with van der Waals surface area (Å²) in [5, 5.41) is 15.1. The second-order valence-electron chi connectivity index (χ2n) is 10.5. The van der Waals surface area contributed by atoms with Gasteiger partial charge in [0.15, 0.2) is 0 Å². The highest BCUT2D eigenvalue weighted by molar-refractivity contribution is 5.81. The van der Waals surface area contributed by atoms with Gasteiger partial charge in [-0.25, -0.2) is 0 Å². The van der Waals surface area contributed by atoms with Gasteiger partial charge in [-0.15, -0.1) is 0 Å². The third-order valence-electron chi connectivity index (χ3n) is 6.33. The zero-order chi connectivity index (χ0) is 23.3. The first kappa shape index (κ1) is 26.6. The number of nitrogens with one attached hydrogen (secondary N) is 1. The monoisotopic (exact) mass is 420 g/mol. The lowest BCUT2D eigenvalue weighted by Gasteiger charge is -2.51. The van der Waals surface area contributed by atoms with Crippen LogP contribution in [0.25, 0.3) is 0 Å². The van der Waals surface area contributed by atoms with E-state index in [0.717, 1.165) is 18.4 Å². The van der Waals surface area contributed by atoms with Gasteiger partial charge in [0.1, 0.15) is 5.78 Å². The maximum Gasteiger partial charge on any atom is 0.227 e. The highest BCUT2D eigenvalue weighted by Gasteiger charge is 2.45. The number of Topliss-reactive ketones (excluding diaryl/α,β-unsaturated/α-hetero) is 1. The number of amides is 1. The minimum atomic E-state index is -0.384. The van der Waals surface area contributed by atoms with Gasteiger partial charge in [0.2, 0.25) is 5.91 Å². The van der Waals surface area contributed by atoms with Crippen LogP contribution in [0.2, 0.25) is 0 Å². The van der Waals surface area contributed by atoms with Crippen molar-refractivity contribution in [3.05, 3.63) is 23.3 Å². The van der Waals surface area contributed by atoms with Crippen LogP contribution < -0.4 is 5.32 Å². The number of carbonyl (C=O) groups is 2. The van der Waals surface area contributed by atoms with Crippen molar-refractivity contribution < 1.29 is 14.8 Å². The lowest BCUT2D eigenvalue weighted by atomic mass is 9.78. The van der Waals surface area contributed by atoms with Crippen molar-refractivity contribution in [3.8, 4) is 0 Å². The fourth-order valence-electron chi connectivity index (χ4n) is 4.63. The molecule has 0 bridgehead atoms. The van der Waals surface area contributed by atoms with Gasteiger partial charge in [0.25, 0.3) is 0 Å². The average Bonchev–Trinajstić information content (AvgIpc) is 2.61. The number of hydrogen-bond donors (Lipinski definition) is 2. The molecule has 1 rings (SSSR count). The van der Waals surface area contributed by atoms with Crippen molar-refractivity contribution in [2.24, 2.45) is 11.8 Å². The van der Waals surface area contributed by atoms with Crippen LogP contribution in [0.5, 0.6) is 0 Å². The molecule has 1 saturated heterocycles. The summed E-state index contributed by atoms with van der Waals surface area (Å²) in [7, 11) is 0. The molecular weight excluding hydrogens is 376 g/mol. The van der Waals surface area contributed by atoms with E-state index >= 15 is 0 Å². The molecule has 0 spiro atoms. The summed E-state index contributed by atoms with van der Waals surface area (Å²) in [6.45, 7) is 17.9. The molecule has 2 atom stereocenters. The Kier molecular flexibility index (Phi) is 9.50. The van der Waals surface area contributed by atoms with Crippen LogP contribution >= 0.6 is 0 Å². The first-order chi connectivity index (χ1) is 13.7. The van der Waals surface area contributed by atoms with E-state index in [1.165, 1.54) is 10.6 Å². The largest absolute Gasteiger partial charge is 0.353 e. The number of hydrogen-bond acceptors (Lipinski definition) is 4. The van der Waals surface area contributed by atoms with Gasteiger partial charge in [0.05, 0.1) is 5.92 Å². The molecule has 2 N–H and O–H groups in total. The number of ketones is 1. The van der Waals surface area contributed by atoms with Crippen LogP contribution in [0, 0.1) is 11.8 Å². The molecule has 1 aliphatic rings. The van der Waals surface area contributed by atoms with Crippen LogP contribution in [0.3, 0.4) is 0 Å². The van der Waals surface area contributed by atoms with Crippen molar-refractivity contribution in [2.45, 2.75) is 112 Å². The van der Waals surface area contributed by atoms with Crippen LogP contribution in [0.1, 0.15) is 94.4 Å². The van der Waals surface area contributed by atoms with Crippen LogP contribution in [-0.4, -0.2) is 39.1 Å². The average molecular weight is 421 g/mol. The molecule has 5 nitrogen and oxygen atoms in total. The molecule has 172 valence electrons. The van der Waals surface area contributed by atoms with Crippen LogP contribution in [0.4, 0.5) is 0 Å². The van der Waals surface area contributed by atoms with Gasteiger partial charge < -0.3 is 10.5 Å². The van der Waals surface area contributed by atoms with Crippen molar-refractivity contribution >= 4 is 11.7 Å². The van der Waals surface area contributed by atoms with Crippen molar-refractivity contribution in [2.75, 3.05) is 0 Å². The number of nitrogens with zero attached hydrogens (tertiary/aromatic N) is 1. The molecule has 5 heteroatoms. The number of carbonyl (C=O) groups excluding carboxylic acids is 2. The number of rotatable bonds is 9. The third kappa shape index (κ3) is 7.66. The van der Waals surface area contributed by atoms with Crippen molar-refractivity contribution in [1.29, 1.82) is 0 Å². The molecule has 0 radical (unpaired) electrons. The number of hydroxylamine groups is 2. The molecule has 0 aromatic rings. The van der Waals surface area contributed by atoms with Gasteiger partial charge in [-0.1, -0.05) is 37.1 Å². The third-order valence-corrected chi connectivity index (χ3v) is 6.33. The predicted molar refractivity (Wildman–Crippen MR) is 123 cm³/mol. The summed E-state index contributed by atoms with van der Waals surface area (Å²) < 4.78 is 0. The first-order valence-electron chi connectivity index (χ1n) is 11.3. The van der Waals surface area contributed by atoms with Gasteiger partial charge in [-0.2, -0.15) is 5.06 Å². The Morgan fingerprint density at radius 2 is 1.67 bits per heavy atom. The molecule has 1 aliphatic heterocycles. The molecule has 1 fully saturated rings. The minimum Gasteiger partial charge on any atom is -0.353 e. The molecular formula is C25H44N2O3. The normalized spacial score (nSPS) is 22.5. The minimum absolute atomic E-state index is 0.0415. The lowest BCUT2D eigenvalue weighted by molar-refractivity contribution is -0.246. The van der Waals surface area contributed by atoms with E-state index in [1.54, 1.807) is 6.92 Å². The first-order valence-corrected chi connectivity index (χ1v) is 11.3. The van der Waals surface area contributed by atoms with Crippen molar-refractivity contribution in [1.82, 2.24) is 10.4 Å². The van der Waals surface area contributed by atoms with Gasteiger partial charge in [-0.3, -0.25) is 9.59 Å². The molecule has 0 aromatic heterocycles. The Labute approximate surface area is 183 Å². The predicted octanol–water partition coefficient (Wildman–Crippen LogP) is 5.44. The molecule has 2 unspecified atom stereocenters. The van der Waals surface area contributed by atoms with E-state index in [0.29, 0.717) is 25.2 Å². The smallest absolute Gasteiger partial charge is 0.227 e. The summed E-state index contributed by atoms with van der Waals surface area (Å²) in [6.07, 6.45) is 8.01. The van der Waals surface area contributed by atoms with Crippen molar-refractivity contribution in [3.63, 3.8) is 0 Å². The van der Waals surface area contributed by atoms with E-state index in [-0.39, 0.29) is 34.7 Å². The summed E-state index contributed by atoms with van der Waals surface area (Å²) in [4.78, 5) is 24.2. The van der Waals surface area contributed by atoms with Gasteiger partial charge in [0, 0.05) is 23.5 Å². The highest BCUT2D eigenvalue weighted by atomic mass is 16.5. The summed E-state index contributed by atoms with van der Waals surface area (Å²) in [5.74, 6) is 0.344. The zero-order valence-electron chi connectivity index (χ0n) is 20.6. The molecule has 1 amide bonds. The second kappa shape index (κ2) is 10.7. The van der Waals surface area contributed by atoms with Crippen LogP contribution in [0.15, 0.2) is 23.3 Å². The molecule has 30 heavy (non-hydrogen) atoms. The topological polar surface area (TPSA) is 69.6 Å².